The molecule has 0 aromatic heterocycles. The monoisotopic (exact) mass is 405 g/mol. The minimum absolute atomic E-state index is 0.407. The second-order valence-corrected chi connectivity index (χ2v) is 6.02. The Kier molecular flexibility index (Phi) is 6.89. The summed E-state index contributed by atoms with van der Waals surface area (Å²) in [5.41, 5.74) is 4.04. The lowest BCUT2D eigenvalue weighted by atomic mass is 10.2. The fourth-order valence-corrected chi connectivity index (χ4v) is 2.37. The Morgan fingerprint density at radius 2 is 2.04 bits per heavy atom. The number of carbonyl (C=O) groups is 1. The lowest BCUT2D eigenvalue weighted by molar-refractivity contribution is 0.0734. The van der Waals surface area contributed by atoms with Crippen LogP contribution < -0.4 is 15.5 Å². The largest absolute Gasteiger partial charge is 0.423 e. The van der Waals surface area contributed by atoms with Gasteiger partial charge in [-0.3, -0.25) is 5.43 Å². The number of nitrogens with one attached hydrogen (secondary N) is 2. The number of hydrogen-bond donors (Lipinski definition) is 2. The van der Waals surface area contributed by atoms with E-state index in [1.165, 1.54) is 0 Å². The Morgan fingerprint density at radius 1 is 1.29 bits per heavy atom. The molecular formula is C17H16BrN3O2S. The summed E-state index contributed by atoms with van der Waals surface area (Å²) >= 11 is 8.32. The van der Waals surface area contributed by atoms with Gasteiger partial charge in [0.05, 0.1) is 11.8 Å². The van der Waals surface area contributed by atoms with E-state index in [9.17, 15) is 4.79 Å². The lowest BCUT2D eigenvalue weighted by Crippen LogP contribution is -2.31. The molecule has 0 aliphatic heterocycles. The maximum absolute atomic E-state index is 12.1. The summed E-state index contributed by atoms with van der Waals surface area (Å²) in [6.45, 7) is 2.69. The standard InChI is InChI=1S/C17H16BrN3O2S/c1-2-19-17(24)21-20-11-12-6-8-15(9-7-12)23-16(22)13-4-3-5-14(18)10-13/h3-11H,2H2,1H3,(H2,19,21,24)/b20-11+. The zero-order valence-corrected chi connectivity index (χ0v) is 15.4. The van der Waals surface area contributed by atoms with Gasteiger partial charge in [-0.2, -0.15) is 5.10 Å². The molecule has 2 aromatic carbocycles. The molecule has 0 unspecified atom stereocenters. The Labute approximate surface area is 154 Å². The van der Waals surface area contributed by atoms with Gasteiger partial charge in [-0.1, -0.05) is 22.0 Å². The van der Waals surface area contributed by atoms with Gasteiger partial charge >= 0.3 is 5.97 Å². The summed E-state index contributed by atoms with van der Waals surface area (Å²) in [4.78, 5) is 12.1. The fraction of sp³-hybridized carbons (Fsp3) is 0.118. The maximum Gasteiger partial charge on any atom is 0.343 e. The van der Waals surface area contributed by atoms with Crippen LogP contribution in [0.4, 0.5) is 0 Å². The van der Waals surface area contributed by atoms with Crippen LogP contribution in [0.5, 0.6) is 5.75 Å². The Balaban J connectivity index is 1.93. The quantitative estimate of drug-likeness (QED) is 0.262. The van der Waals surface area contributed by atoms with Gasteiger partial charge in [0.25, 0.3) is 0 Å². The number of hydrogen-bond acceptors (Lipinski definition) is 4. The summed E-state index contributed by atoms with van der Waals surface area (Å²) in [5, 5.41) is 7.41. The summed E-state index contributed by atoms with van der Waals surface area (Å²) < 4.78 is 6.16. The van der Waals surface area contributed by atoms with E-state index in [4.69, 9.17) is 17.0 Å². The van der Waals surface area contributed by atoms with Crippen molar-refractivity contribution in [3.63, 3.8) is 0 Å². The van der Waals surface area contributed by atoms with Gasteiger partial charge in [0.1, 0.15) is 5.75 Å². The summed E-state index contributed by atoms with van der Waals surface area (Å²) in [5.74, 6) is 0.0589. The molecule has 0 bridgehead atoms. The minimum atomic E-state index is -0.407. The van der Waals surface area contributed by atoms with Crippen LogP contribution in [0.1, 0.15) is 22.8 Å². The number of nitrogens with zero attached hydrogens (tertiary/aromatic N) is 1. The van der Waals surface area contributed by atoms with Crippen LogP contribution in [-0.2, 0) is 0 Å². The van der Waals surface area contributed by atoms with E-state index in [1.54, 1.807) is 48.7 Å². The molecule has 0 amide bonds. The van der Waals surface area contributed by atoms with Crippen molar-refractivity contribution in [3.8, 4) is 5.75 Å². The molecule has 0 fully saturated rings. The number of esters is 1. The zero-order valence-electron chi connectivity index (χ0n) is 13.0. The average molecular weight is 406 g/mol. The first kappa shape index (κ1) is 18.1. The van der Waals surface area contributed by atoms with Crippen LogP contribution in [0.25, 0.3) is 0 Å². The molecule has 5 nitrogen and oxygen atoms in total. The summed E-state index contributed by atoms with van der Waals surface area (Å²) in [7, 11) is 0. The minimum Gasteiger partial charge on any atom is -0.423 e. The first-order chi connectivity index (χ1) is 11.6. The number of halogens is 1. The van der Waals surface area contributed by atoms with Crippen molar-refractivity contribution in [1.29, 1.82) is 0 Å². The highest BCUT2D eigenvalue weighted by Gasteiger charge is 2.08. The van der Waals surface area contributed by atoms with Gasteiger partial charge in [-0.25, -0.2) is 4.79 Å². The maximum atomic E-state index is 12.1. The van der Waals surface area contributed by atoms with Crippen LogP contribution in [0.15, 0.2) is 58.1 Å². The third kappa shape index (κ3) is 5.75. The molecule has 0 spiro atoms. The molecule has 2 rings (SSSR count). The Hall–Kier alpha value is -2.25. The van der Waals surface area contributed by atoms with Gasteiger partial charge in [0.15, 0.2) is 5.11 Å². The molecule has 124 valence electrons. The number of carbonyl (C=O) groups excluding carboxylic acids is 1. The second kappa shape index (κ2) is 9.14. The molecule has 0 radical (unpaired) electrons. The van der Waals surface area contributed by atoms with Crippen LogP contribution in [0.3, 0.4) is 0 Å². The molecule has 0 heterocycles. The number of ether oxygens (including phenoxy) is 1. The van der Waals surface area contributed by atoms with Crippen molar-refractivity contribution in [3.05, 3.63) is 64.1 Å². The van der Waals surface area contributed by atoms with Crippen molar-refractivity contribution in [2.45, 2.75) is 6.92 Å². The molecule has 0 saturated heterocycles. The first-order valence-corrected chi connectivity index (χ1v) is 8.43. The molecule has 2 aromatic rings. The normalized spacial score (nSPS) is 10.4. The van der Waals surface area contributed by atoms with E-state index in [1.807, 2.05) is 13.0 Å². The first-order valence-electron chi connectivity index (χ1n) is 7.23. The number of thiocarbonyl (C=S) groups is 1. The summed E-state index contributed by atoms with van der Waals surface area (Å²) in [6, 6.07) is 14.1. The van der Waals surface area contributed by atoms with Crippen LogP contribution >= 0.6 is 28.1 Å². The molecule has 0 atom stereocenters. The van der Waals surface area contributed by atoms with Crippen molar-refractivity contribution < 1.29 is 9.53 Å². The number of hydrazone groups is 1. The molecule has 24 heavy (non-hydrogen) atoms. The Bertz CT molecular complexity index is 748. The van der Waals surface area contributed by atoms with Crippen molar-refractivity contribution in [2.75, 3.05) is 6.54 Å². The molecule has 0 aliphatic rings. The Morgan fingerprint density at radius 3 is 2.71 bits per heavy atom. The predicted octanol–water partition coefficient (Wildman–Crippen LogP) is 3.49. The van der Waals surface area contributed by atoms with E-state index in [0.29, 0.717) is 16.4 Å². The van der Waals surface area contributed by atoms with Crippen molar-refractivity contribution >= 4 is 45.4 Å². The van der Waals surface area contributed by atoms with Crippen LogP contribution in [-0.4, -0.2) is 23.8 Å². The fourth-order valence-electron chi connectivity index (χ4n) is 1.77. The van der Waals surface area contributed by atoms with E-state index in [-0.39, 0.29) is 0 Å². The van der Waals surface area contributed by atoms with E-state index in [0.717, 1.165) is 16.6 Å². The third-order valence-corrected chi connectivity index (χ3v) is 3.60. The van der Waals surface area contributed by atoms with Gasteiger partial charge in [-0.15, -0.1) is 0 Å². The van der Waals surface area contributed by atoms with E-state index in [2.05, 4.69) is 31.8 Å². The van der Waals surface area contributed by atoms with Gasteiger partial charge in [0.2, 0.25) is 0 Å². The lowest BCUT2D eigenvalue weighted by Gasteiger charge is -2.05. The summed E-state index contributed by atoms with van der Waals surface area (Å²) in [6.07, 6.45) is 1.63. The molecule has 0 aliphatic carbocycles. The zero-order chi connectivity index (χ0) is 17.4. The molecular weight excluding hydrogens is 390 g/mol. The van der Waals surface area contributed by atoms with Crippen LogP contribution in [0, 0.1) is 0 Å². The highest BCUT2D eigenvalue weighted by Crippen LogP contribution is 2.16. The van der Waals surface area contributed by atoms with Crippen LogP contribution in [0.2, 0.25) is 0 Å². The average Bonchev–Trinajstić information content (AvgIpc) is 2.57. The number of rotatable bonds is 5. The highest BCUT2D eigenvalue weighted by atomic mass is 79.9. The predicted molar refractivity (Wildman–Crippen MR) is 103 cm³/mol. The molecule has 7 heteroatoms. The topological polar surface area (TPSA) is 62.7 Å². The van der Waals surface area contributed by atoms with E-state index >= 15 is 0 Å². The second-order valence-electron chi connectivity index (χ2n) is 4.70. The van der Waals surface area contributed by atoms with Crippen molar-refractivity contribution in [1.82, 2.24) is 10.7 Å². The molecule has 2 N–H and O–H groups in total. The SMILES string of the molecule is CCNC(=S)N/N=C/c1ccc(OC(=O)c2cccc(Br)c2)cc1. The van der Waals surface area contributed by atoms with Gasteiger partial charge < -0.3 is 10.1 Å². The van der Waals surface area contributed by atoms with E-state index < -0.39 is 5.97 Å². The highest BCUT2D eigenvalue weighted by molar-refractivity contribution is 9.10. The third-order valence-electron chi connectivity index (χ3n) is 2.87. The smallest absolute Gasteiger partial charge is 0.343 e. The molecule has 0 saturated carbocycles. The van der Waals surface area contributed by atoms with Gasteiger partial charge in [-0.05, 0) is 67.2 Å². The number of benzene rings is 2. The van der Waals surface area contributed by atoms with Gasteiger partial charge in [0, 0.05) is 11.0 Å². The van der Waals surface area contributed by atoms with Crippen molar-refractivity contribution in [2.24, 2.45) is 5.10 Å².